The summed E-state index contributed by atoms with van der Waals surface area (Å²) in [5.41, 5.74) is 3.82. The normalized spacial score (nSPS) is 17.5. The van der Waals surface area contributed by atoms with Crippen LogP contribution in [0.5, 0.6) is 5.75 Å². The first-order valence-corrected chi connectivity index (χ1v) is 11.4. The number of pyridine rings is 1. The van der Waals surface area contributed by atoms with Gasteiger partial charge >= 0.3 is 5.91 Å². The standard InChI is InChI=1S/C26H21N3O4S/c1-14-10-15(2)21-19(11-14)34-26(28-21)29-22(17-7-5-9-27-13-17)20(24(31)25(29)32)23(30)16-6-4-8-18(12-16)33-3/h4-13,22,30H,1-3H3/b23-20+. The van der Waals surface area contributed by atoms with Gasteiger partial charge in [0.15, 0.2) is 5.13 Å². The summed E-state index contributed by atoms with van der Waals surface area (Å²) >= 11 is 1.34. The third kappa shape index (κ3) is 3.52. The van der Waals surface area contributed by atoms with Gasteiger partial charge in [-0.05, 0) is 54.8 Å². The van der Waals surface area contributed by atoms with E-state index < -0.39 is 17.7 Å². The zero-order valence-electron chi connectivity index (χ0n) is 18.8. The predicted molar refractivity (Wildman–Crippen MR) is 131 cm³/mol. The highest BCUT2D eigenvalue weighted by atomic mass is 32.1. The van der Waals surface area contributed by atoms with Gasteiger partial charge in [-0.3, -0.25) is 19.5 Å². The summed E-state index contributed by atoms with van der Waals surface area (Å²) < 4.78 is 6.18. The molecule has 0 saturated carbocycles. The second kappa shape index (κ2) is 8.39. The van der Waals surface area contributed by atoms with E-state index in [0.29, 0.717) is 22.0 Å². The molecule has 1 amide bonds. The third-order valence-corrected chi connectivity index (χ3v) is 6.81. The topological polar surface area (TPSA) is 92.6 Å². The van der Waals surface area contributed by atoms with Gasteiger partial charge in [-0.25, -0.2) is 4.98 Å². The van der Waals surface area contributed by atoms with E-state index in [1.165, 1.54) is 23.3 Å². The average molecular weight is 472 g/mol. The van der Waals surface area contributed by atoms with Crippen molar-refractivity contribution >= 4 is 44.1 Å². The zero-order chi connectivity index (χ0) is 24.0. The number of aryl methyl sites for hydroxylation is 2. The van der Waals surface area contributed by atoms with Gasteiger partial charge in [0, 0.05) is 18.0 Å². The van der Waals surface area contributed by atoms with Crippen molar-refractivity contribution in [3.05, 3.63) is 88.8 Å². The molecule has 0 bridgehead atoms. The van der Waals surface area contributed by atoms with Gasteiger partial charge in [0.05, 0.1) is 28.9 Å². The molecule has 4 aromatic rings. The Balaban J connectivity index is 1.73. The van der Waals surface area contributed by atoms with Crippen LogP contribution in [0.25, 0.3) is 16.0 Å². The lowest BCUT2D eigenvalue weighted by molar-refractivity contribution is -0.132. The molecule has 170 valence electrons. The van der Waals surface area contributed by atoms with Crippen molar-refractivity contribution in [2.24, 2.45) is 0 Å². The lowest BCUT2D eigenvalue weighted by Gasteiger charge is -2.22. The molecule has 0 spiro atoms. The molecule has 1 saturated heterocycles. The van der Waals surface area contributed by atoms with Crippen LogP contribution >= 0.6 is 11.3 Å². The zero-order valence-corrected chi connectivity index (χ0v) is 19.6. The number of aliphatic hydroxyl groups is 1. The molecule has 1 fully saturated rings. The lowest BCUT2D eigenvalue weighted by Crippen LogP contribution is -2.29. The van der Waals surface area contributed by atoms with Gasteiger partial charge < -0.3 is 9.84 Å². The number of ether oxygens (including phenoxy) is 1. The van der Waals surface area contributed by atoms with Gasteiger partial charge in [0.2, 0.25) is 0 Å². The number of aromatic nitrogens is 2. The second-order valence-electron chi connectivity index (χ2n) is 8.11. The molecule has 1 N–H and O–H groups in total. The molecule has 0 radical (unpaired) electrons. The minimum absolute atomic E-state index is 0.0154. The highest BCUT2D eigenvalue weighted by molar-refractivity contribution is 7.22. The van der Waals surface area contributed by atoms with E-state index in [-0.39, 0.29) is 11.3 Å². The van der Waals surface area contributed by atoms with Crippen LogP contribution in [0.3, 0.4) is 0 Å². The number of amides is 1. The van der Waals surface area contributed by atoms with Crippen LogP contribution in [0.15, 0.2) is 66.5 Å². The summed E-state index contributed by atoms with van der Waals surface area (Å²) in [6.45, 7) is 3.97. The van der Waals surface area contributed by atoms with Crippen molar-refractivity contribution in [1.82, 2.24) is 9.97 Å². The van der Waals surface area contributed by atoms with Crippen molar-refractivity contribution in [3.8, 4) is 5.75 Å². The largest absolute Gasteiger partial charge is 0.507 e. The number of carbonyl (C=O) groups excluding carboxylic acids is 2. The molecule has 5 rings (SSSR count). The number of anilines is 1. The summed E-state index contributed by atoms with van der Waals surface area (Å²) in [5.74, 6) is -1.27. The van der Waals surface area contributed by atoms with Crippen LogP contribution < -0.4 is 9.64 Å². The summed E-state index contributed by atoms with van der Waals surface area (Å²) in [6.07, 6.45) is 3.20. The van der Waals surface area contributed by atoms with Crippen LogP contribution in [-0.2, 0) is 9.59 Å². The van der Waals surface area contributed by atoms with Crippen LogP contribution in [0.4, 0.5) is 5.13 Å². The van der Waals surface area contributed by atoms with Crippen LogP contribution in [0, 0.1) is 13.8 Å². The van der Waals surface area contributed by atoms with Gasteiger partial charge in [0.25, 0.3) is 5.78 Å². The summed E-state index contributed by atoms with van der Waals surface area (Å²) in [4.78, 5) is 36.9. The molecule has 0 aliphatic carbocycles. The van der Waals surface area contributed by atoms with Crippen molar-refractivity contribution in [3.63, 3.8) is 0 Å². The second-order valence-corrected chi connectivity index (χ2v) is 9.12. The van der Waals surface area contributed by atoms with Gasteiger partial charge in [-0.15, -0.1) is 0 Å². The summed E-state index contributed by atoms with van der Waals surface area (Å²) in [6, 6.07) is 13.4. The third-order valence-electron chi connectivity index (χ3n) is 5.81. The number of hydrogen-bond acceptors (Lipinski definition) is 7. The summed E-state index contributed by atoms with van der Waals surface area (Å²) in [5, 5.41) is 11.6. The molecular weight excluding hydrogens is 450 g/mol. The number of fused-ring (bicyclic) bond motifs is 1. The van der Waals surface area contributed by atoms with E-state index in [1.807, 2.05) is 26.0 Å². The number of hydrogen-bond donors (Lipinski definition) is 1. The first kappa shape index (κ1) is 21.8. The molecule has 2 aromatic carbocycles. The number of aliphatic hydroxyl groups excluding tert-OH is 1. The van der Waals surface area contributed by atoms with Crippen LogP contribution in [0.2, 0.25) is 0 Å². The Bertz CT molecular complexity index is 1480. The van der Waals surface area contributed by atoms with E-state index in [4.69, 9.17) is 9.72 Å². The van der Waals surface area contributed by atoms with E-state index in [2.05, 4.69) is 4.98 Å². The van der Waals surface area contributed by atoms with E-state index >= 15 is 0 Å². The number of rotatable bonds is 4. The molecule has 1 unspecified atom stereocenters. The maximum absolute atomic E-state index is 13.3. The van der Waals surface area contributed by atoms with Crippen molar-refractivity contribution in [2.45, 2.75) is 19.9 Å². The quantitative estimate of drug-likeness (QED) is 0.257. The smallest absolute Gasteiger partial charge is 0.301 e. The average Bonchev–Trinajstić information content (AvgIpc) is 3.38. The highest BCUT2D eigenvalue weighted by Gasteiger charge is 2.48. The van der Waals surface area contributed by atoms with Gasteiger partial charge in [-0.1, -0.05) is 35.6 Å². The molecule has 1 aliphatic heterocycles. The summed E-state index contributed by atoms with van der Waals surface area (Å²) in [7, 11) is 1.52. The minimum atomic E-state index is -0.873. The Morgan fingerprint density at radius 2 is 1.94 bits per heavy atom. The maximum atomic E-state index is 13.3. The Kier molecular flexibility index (Phi) is 5.37. The lowest BCUT2D eigenvalue weighted by atomic mass is 9.96. The molecular formula is C26H21N3O4S. The monoisotopic (exact) mass is 471 g/mol. The van der Waals surface area contributed by atoms with Gasteiger partial charge in [-0.2, -0.15) is 0 Å². The minimum Gasteiger partial charge on any atom is -0.507 e. The maximum Gasteiger partial charge on any atom is 0.301 e. The number of benzene rings is 2. The van der Waals surface area contributed by atoms with Crippen LogP contribution in [-0.4, -0.2) is 33.9 Å². The fourth-order valence-electron chi connectivity index (χ4n) is 4.27. The first-order chi connectivity index (χ1) is 16.4. The van der Waals surface area contributed by atoms with E-state index in [9.17, 15) is 14.7 Å². The van der Waals surface area contributed by atoms with Gasteiger partial charge in [0.1, 0.15) is 11.5 Å². The SMILES string of the molecule is COc1cccc(/C(O)=C2\C(=O)C(=O)N(c3nc4c(C)cc(C)cc4s3)C2c2cccnc2)c1. The number of nitrogens with zero attached hydrogens (tertiary/aromatic N) is 3. The number of thiazole rings is 1. The molecule has 3 heterocycles. The predicted octanol–water partition coefficient (Wildman–Crippen LogP) is 4.94. The van der Waals surface area contributed by atoms with E-state index in [0.717, 1.165) is 21.3 Å². The molecule has 34 heavy (non-hydrogen) atoms. The molecule has 1 atom stereocenters. The van der Waals surface area contributed by atoms with E-state index in [1.54, 1.807) is 48.8 Å². The van der Waals surface area contributed by atoms with Crippen LogP contribution in [0.1, 0.15) is 28.3 Å². The molecule has 2 aromatic heterocycles. The fourth-order valence-corrected chi connectivity index (χ4v) is 5.44. The fraction of sp³-hybridized carbons (Fsp3) is 0.154. The molecule has 1 aliphatic rings. The molecule has 7 nitrogen and oxygen atoms in total. The Morgan fingerprint density at radius 1 is 1.12 bits per heavy atom. The highest BCUT2D eigenvalue weighted by Crippen LogP contribution is 2.44. The van der Waals surface area contributed by atoms with Crippen molar-refractivity contribution < 1.29 is 19.4 Å². The number of methoxy groups -OCH3 is 1. The first-order valence-electron chi connectivity index (χ1n) is 10.6. The Hall–Kier alpha value is -4.04. The Labute approximate surface area is 200 Å². The molecule has 8 heteroatoms. The Morgan fingerprint density at radius 3 is 2.68 bits per heavy atom. The number of Topliss-reactive ketones (excluding diaryl/α,β-unsaturated/α-hetero) is 1. The number of ketones is 1. The number of carbonyl (C=O) groups is 2. The van der Waals surface area contributed by atoms with Crippen molar-refractivity contribution in [2.75, 3.05) is 12.0 Å². The van der Waals surface area contributed by atoms with Crippen molar-refractivity contribution in [1.29, 1.82) is 0 Å².